The summed E-state index contributed by atoms with van der Waals surface area (Å²) in [5.74, 6) is 0.0875. The highest BCUT2D eigenvalue weighted by Crippen LogP contribution is 2.22. The molecule has 1 aliphatic rings. The van der Waals surface area contributed by atoms with E-state index in [-0.39, 0.29) is 11.7 Å². The molecule has 2 aromatic rings. The Labute approximate surface area is 145 Å². The highest BCUT2D eigenvalue weighted by atomic mass is 19.1. The van der Waals surface area contributed by atoms with E-state index >= 15 is 0 Å². The highest BCUT2D eigenvalue weighted by molar-refractivity contribution is 5.94. The molecule has 0 bridgehead atoms. The van der Waals surface area contributed by atoms with E-state index < -0.39 is 0 Å². The van der Waals surface area contributed by atoms with Crippen molar-refractivity contribution in [2.24, 2.45) is 0 Å². The summed E-state index contributed by atoms with van der Waals surface area (Å²) in [6.45, 7) is 5.84. The Kier molecular flexibility index (Phi) is 4.61. The maximum atomic E-state index is 13.0. The predicted octanol–water partition coefficient (Wildman–Crippen LogP) is 2.07. The molecular weight excluding hydrogens is 321 g/mol. The molecule has 0 N–H and O–H groups in total. The number of hydrogen-bond acceptors (Lipinski definition) is 5. The molecule has 1 aliphatic heterocycles. The van der Waals surface area contributed by atoms with Crippen molar-refractivity contribution < 1.29 is 9.18 Å². The van der Waals surface area contributed by atoms with Crippen LogP contribution in [0.15, 0.2) is 24.3 Å². The van der Waals surface area contributed by atoms with Crippen molar-refractivity contribution in [3.05, 3.63) is 52.5 Å². The lowest BCUT2D eigenvalue weighted by molar-refractivity contribution is 0.0746. The minimum Gasteiger partial charge on any atom is -0.350 e. The number of halogens is 1. The number of piperazine rings is 1. The summed E-state index contributed by atoms with van der Waals surface area (Å²) in [4.78, 5) is 16.2. The second kappa shape index (κ2) is 6.85. The van der Waals surface area contributed by atoms with E-state index in [2.05, 4.69) is 16.3 Å². The van der Waals surface area contributed by atoms with Crippen LogP contribution >= 0.6 is 0 Å². The molecule has 0 spiro atoms. The van der Waals surface area contributed by atoms with Gasteiger partial charge >= 0.3 is 0 Å². The fraction of sp³-hybridized carbons (Fsp3) is 0.333. The predicted molar refractivity (Wildman–Crippen MR) is 90.7 cm³/mol. The van der Waals surface area contributed by atoms with Gasteiger partial charge in [0.1, 0.15) is 17.4 Å². The second-order valence-corrected chi connectivity index (χ2v) is 6.01. The van der Waals surface area contributed by atoms with Gasteiger partial charge in [-0.3, -0.25) is 4.79 Å². The molecule has 128 valence electrons. The lowest BCUT2D eigenvalue weighted by Crippen LogP contribution is -2.49. The minimum absolute atomic E-state index is 0.119. The fourth-order valence-electron chi connectivity index (χ4n) is 2.85. The van der Waals surface area contributed by atoms with E-state index in [0.717, 1.165) is 11.3 Å². The molecule has 1 fully saturated rings. The van der Waals surface area contributed by atoms with Gasteiger partial charge in [-0.25, -0.2) is 4.39 Å². The number of carbonyl (C=O) groups excluding carboxylic acids is 1. The molecule has 3 rings (SSSR count). The molecule has 1 aromatic carbocycles. The van der Waals surface area contributed by atoms with E-state index in [0.29, 0.717) is 43.1 Å². The number of anilines is 1. The van der Waals surface area contributed by atoms with Crippen molar-refractivity contribution >= 4 is 11.7 Å². The summed E-state index contributed by atoms with van der Waals surface area (Å²) in [6, 6.07) is 7.76. The van der Waals surface area contributed by atoms with Gasteiger partial charge in [-0.1, -0.05) is 0 Å². The first-order valence-corrected chi connectivity index (χ1v) is 8.05. The average Bonchev–Trinajstić information content (AvgIpc) is 2.64. The first-order chi connectivity index (χ1) is 12.0. The molecule has 0 radical (unpaired) electrons. The fourth-order valence-corrected chi connectivity index (χ4v) is 2.85. The number of benzene rings is 1. The van der Waals surface area contributed by atoms with Crippen LogP contribution < -0.4 is 4.90 Å². The van der Waals surface area contributed by atoms with Crippen LogP contribution in [0.25, 0.3) is 0 Å². The maximum absolute atomic E-state index is 13.0. The van der Waals surface area contributed by atoms with Crippen LogP contribution in [0.1, 0.15) is 27.2 Å². The van der Waals surface area contributed by atoms with Gasteiger partial charge in [-0.15, -0.1) is 5.10 Å². The molecule has 0 aliphatic carbocycles. The lowest BCUT2D eigenvalue weighted by atomic mass is 10.1. The molecule has 1 saturated heterocycles. The van der Waals surface area contributed by atoms with Crippen LogP contribution in [0.3, 0.4) is 0 Å². The average molecular weight is 339 g/mol. The van der Waals surface area contributed by atoms with E-state index in [4.69, 9.17) is 0 Å². The van der Waals surface area contributed by atoms with Gasteiger partial charge in [0.2, 0.25) is 0 Å². The van der Waals surface area contributed by atoms with Gasteiger partial charge in [-0.2, -0.15) is 10.4 Å². The summed E-state index contributed by atoms with van der Waals surface area (Å²) < 4.78 is 13.0. The summed E-state index contributed by atoms with van der Waals surface area (Å²) in [5, 5.41) is 17.7. The Morgan fingerprint density at radius 1 is 1.12 bits per heavy atom. The molecule has 6 nitrogen and oxygen atoms in total. The van der Waals surface area contributed by atoms with Crippen molar-refractivity contribution in [1.29, 1.82) is 5.26 Å². The van der Waals surface area contributed by atoms with E-state index in [9.17, 15) is 14.4 Å². The topological polar surface area (TPSA) is 73.1 Å². The summed E-state index contributed by atoms with van der Waals surface area (Å²) in [5.41, 5.74) is 2.58. The van der Waals surface area contributed by atoms with Crippen LogP contribution in [0.4, 0.5) is 10.2 Å². The smallest absolute Gasteiger partial charge is 0.253 e. The molecule has 0 atom stereocenters. The number of nitrogens with zero attached hydrogens (tertiary/aromatic N) is 5. The third-order valence-electron chi connectivity index (χ3n) is 4.51. The summed E-state index contributed by atoms with van der Waals surface area (Å²) >= 11 is 0. The van der Waals surface area contributed by atoms with Gasteiger partial charge in [0.15, 0.2) is 5.82 Å². The number of aromatic nitrogens is 2. The normalized spacial score (nSPS) is 14.3. The van der Waals surface area contributed by atoms with Crippen LogP contribution in [-0.4, -0.2) is 47.2 Å². The Hall–Kier alpha value is -3.01. The van der Waals surface area contributed by atoms with E-state index in [1.54, 1.807) is 4.90 Å². The van der Waals surface area contributed by atoms with Crippen LogP contribution in [0.5, 0.6) is 0 Å². The Morgan fingerprint density at radius 3 is 2.36 bits per heavy atom. The largest absolute Gasteiger partial charge is 0.350 e. The van der Waals surface area contributed by atoms with Gasteiger partial charge in [0.25, 0.3) is 5.91 Å². The SMILES string of the molecule is Cc1nnc(N2CCN(C(=O)c3ccc(F)cc3)CC2)c(C#N)c1C. The summed E-state index contributed by atoms with van der Waals surface area (Å²) in [7, 11) is 0. The zero-order valence-electron chi connectivity index (χ0n) is 14.2. The third-order valence-corrected chi connectivity index (χ3v) is 4.51. The highest BCUT2D eigenvalue weighted by Gasteiger charge is 2.25. The van der Waals surface area contributed by atoms with Crippen LogP contribution in [0.2, 0.25) is 0 Å². The number of amides is 1. The molecule has 2 heterocycles. The number of rotatable bonds is 2. The van der Waals surface area contributed by atoms with Crippen LogP contribution in [0, 0.1) is 31.0 Å². The minimum atomic E-state index is -0.362. The van der Waals surface area contributed by atoms with Crippen molar-refractivity contribution in [1.82, 2.24) is 15.1 Å². The lowest BCUT2D eigenvalue weighted by Gasteiger charge is -2.35. The molecule has 25 heavy (non-hydrogen) atoms. The number of hydrogen-bond donors (Lipinski definition) is 0. The Balaban J connectivity index is 1.72. The zero-order chi connectivity index (χ0) is 18.0. The van der Waals surface area contributed by atoms with E-state index in [1.165, 1.54) is 24.3 Å². The standard InChI is InChI=1S/C18H18FN5O/c1-12-13(2)21-22-17(16(12)11-20)23-7-9-24(10-8-23)18(25)14-3-5-15(19)6-4-14/h3-6H,7-10H2,1-2H3. The number of aryl methyl sites for hydroxylation is 1. The van der Waals surface area contributed by atoms with Crippen LogP contribution in [-0.2, 0) is 0 Å². The van der Waals surface area contributed by atoms with Gasteiger partial charge < -0.3 is 9.80 Å². The molecule has 0 unspecified atom stereocenters. The molecule has 7 heteroatoms. The second-order valence-electron chi connectivity index (χ2n) is 6.01. The van der Waals surface area contributed by atoms with Gasteiger partial charge in [0, 0.05) is 31.7 Å². The van der Waals surface area contributed by atoms with Gasteiger partial charge in [0.05, 0.1) is 5.69 Å². The number of nitriles is 1. The molecule has 1 amide bonds. The molecular formula is C18H18FN5O. The third kappa shape index (κ3) is 3.29. The maximum Gasteiger partial charge on any atom is 0.253 e. The zero-order valence-corrected chi connectivity index (χ0v) is 14.2. The van der Waals surface area contributed by atoms with Crippen molar-refractivity contribution in [2.45, 2.75) is 13.8 Å². The van der Waals surface area contributed by atoms with Gasteiger partial charge in [-0.05, 0) is 43.7 Å². The first-order valence-electron chi connectivity index (χ1n) is 8.05. The van der Waals surface area contributed by atoms with E-state index in [1.807, 2.05) is 18.7 Å². The first kappa shape index (κ1) is 16.8. The monoisotopic (exact) mass is 339 g/mol. The molecule has 1 aromatic heterocycles. The molecule has 0 saturated carbocycles. The Bertz CT molecular complexity index is 836. The quantitative estimate of drug-likeness (QED) is 0.837. The Morgan fingerprint density at radius 2 is 1.76 bits per heavy atom. The number of carbonyl (C=O) groups is 1. The summed E-state index contributed by atoms with van der Waals surface area (Å²) in [6.07, 6.45) is 0. The van der Waals surface area contributed by atoms with Crippen molar-refractivity contribution in [2.75, 3.05) is 31.1 Å². The van der Waals surface area contributed by atoms with Crippen molar-refractivity contribution in [3.63, 3.8) is 0 Å². The van der Waals surface area contributed by atoms with Crippen molar-refractivity contribution in [3.8, 4) is 6.07 Å².